The van der Waals surface area contributed by atoms with Gasteiger partial charge in [-0.2, -0.15) is 0 Å². The Hall–Kier alpha value is -1.88. The van der Waals surface area contributed by atoms with Gasteiger partial charge in [0.05, 0.1) is 17.5 Å². The third-order valence-corrected chi connectivity index (χ3v) is 2.73. The average Bonchev–Trinajstić information content (AvgIpc) is 2.28. The molecule has 0 atom stereocenters. The van der Waals surface area contributed by atoms with Crippen molar-refractivity contribution >= 4 is 16.6 Å². The summed E-state index contributed by atoms with van der Waals surface area (Å²) in [6, 6.07) is 3.70. The number of nitrogens with one attached hydrogen (secondary N) is 2. The van der Waals surface area contributed by atoms with Crippen LogP contribution in [-0.2, 0) is 0 Å². The van der Waals surface area contributed by atoms with Crippen molar-refractivity contribution in [2.75, 3.05) is 11.9 Å². The van der Waals surface area contributed by atoms with Crippen molar-refractivity contribution in [1.29, 1.82) is 0 Å². The zero-order valence-electron chi connectivity index (χ0n) is 10.7. The fourth-order valence-electron chi connectivity index (χ4n) is 1.80. The third-order valence-electron chi connectivity index (χ3n) is 2.73. The first-order valence-corrected chi connectivity index (χ1v) is 5.81. The minimum absolute atomic E-state index is 0.0468. The lowest BCUT2D eigenvalue weighted by Gasteiger charge is -2.25. The monoisotopic (exact) mass is 247 g/mol. The van der Waals surface area contributed by atoms with E-state index in [0.717, 1.165) is 11.1 Å². The predicted octanol–water partition coefficient (Wildman–Crippen LogP) is 1.41. The van der Waals surface area contributed by atoms with E-state index in [0.29, 0.717) is 11.2 Å². The van der Waals surface area contributed by atoms with Crippen molar-refractivity contribution in [2.45, 2.75) is 26.3 Å². The van der Waals surface area contributed by atoms with Crippen LogP contribution < -0.4 is 10.9 Å². The first-order chi connectivity index (χ1) is 8.43. The number of fused-ring (bicyclic) bond motifs is 1. The van der Waals surface area contributed by atoms with E-state index in [1.165, 1.54) is 0 Å². The standard InChI is InChI=1S/C13H17N3O2/c1-8-6-9-4-5-14-12(18)10(9)11(15-8)16-13(2,3)7-17/h4-6,17H,7H2,1-3H3,(H,14,18)(H,15,16). The molecule has 0 aliphatic carbocycles. The molecule has 5 heteroatoms. The van der Waals surface area contributed by atoms with Gasteiger partial charge in [-0.05, 0) is 38.3 Å². The normalized spacial score (nSPS) is 11.8. The van der Waals surface area contributed by atoms with Crippen molar-refractivity contribution in [1.82, 2.24) is 9.97 Å². The zero-order valence-corrected chi connectivity index (χ0v) is 10.7. The molecule has 96 valence electrons. The highest BCUT2D eigenvalue weighted by Gasteiger charge is 2.19. The van der Waals surface area contributed by atoms with E-state index in [9.17, 15) is 9.90 Å². The largest absolute Gasteiger partial charge is 0.394 e. The molecule has 0 aliphatic heterocycles. The molecule has 0 radical (unpaired) electrons. The maximum Gasteiger partial charge on any atom is 0.259 e. The molecule has 2 aromatic rings. The van der Waals surface area contributed by atoms with Gasteiger partial charge in [0.2, 0.25) is 0 Å². The van der Waals surface area contributed by atoms with Crippen LogP contribution in [0, 0.1) is 6.92 Å². The number of pyridine rings is 2. The number of rotatable bonds is 3. The summed E-state index contributed by atoms with van der Waals surface area (Å²) in [6.45, 7) is 5.52. The number of aliphatic hydroxyl groups excluding tert-OH is 1. The number of aryl methyl sites for hydroxylation is 1. The molecular weight excluding hydrogens is 230 g/mol. The quantitative estimate of drug-likeness (QED) is 0.766. The second-order valence-corrected chi connectivity index (χ2v) is 5.05. The number of hydrogen-bond donors (Lipinski definition) is 3. The Kier molecular flexibility index (Phi) is 3.09. The van der Waals surface area contributed by atoms with Crippen LogP contribution in [0.2, 0.25) is 0 Å². The Morgan fingerprint density at radius 3 is 2.89 bits per heavy atom. The second kappa shape index (κ2) is 4.42. The topological polar surface area (TPSA) is 78.0 Å². The van der Waals surface area contributed by atoms with Gasteiger partial charge in [0, 0.05) is 11.9 Å². The molecule has 0 saturated carbocycles. The molecule has 5 nitrogen and oxygen atoms in total. The van der Waals surface area contributed by atoms with E-state index < -0.39 is 5.54 Å². The first kappa shape index (κ1) is 12.6. The maximum atomic E-state index is 11.9. The molecule has 2 aromatic heterocycles. The van der Waals surface area contributed by atoms with E-state index in [1.54, 1.807) is 6.20 Å². The van der Waals surface area contributed by atoms with Crippen LogP contribution in [0.4, 0.5) is 5.82 Å². The van der Waals surface area contributed by atoms with Crippen molar-refractivity contribution < 1.29 is 5.11 Å². The van der Waals surface area contributed by atoms with Crippen LogP contribution in [0.3, 0.4) is 0 Å². The maximum absolute atomic E-state index is 11.9. The highest BCUT2D eigenvalue weighted by atomic mass is 16.3. The van der Waals surface area contributed by atoms with Gasteiger partial charge in [0.1, 0.15) is 5.82 Å². The number of hydrogen-bond acceptors (Lipinski definition) is 4. The molecule has 2 heterocycles. The number of aromatic amines is 1. The number of aromatic nitrogens is 2. The van der Waals surface area contributed by atoms with Crippen LogP contribution in [0.5, 0.6) is 0 Å². The van der Waals surface area contributed by atoms with Gasteiger partial charge in [-0.15, -0.1) is 0 Å². The van der Waals surface area contributed by atoms with Gasteiger partial charge < -0.3 is 15.4 Å². The highest BCUT2D eigenvalue weighted by molar-refractivity contribution is 5.91. The minimum atomic E-state index is -0.532. The van der Waals surface area contributed by atoms with Gasteiger partial charge in [0.25, 0.3) is 5.56 Å². The summed E-state index contributed by atoms with van der Waals surface area (Å²) in [4.78, 5) is 18.9. The molecule has 18 heavy (non-hydrogen) atoms. The Bertz CT molecular complexity index is 632. The third kappa shape index (κ3) is 2.36. The summed E-state index contributed by atoms with van der Waals surface area (Å²) in [5.74, 6) is 0.505. The summed E-state index contributed by atoms with van der Waals surface area (Å²) >= 11 is 0. The van der Waals surface area contributed by atoms with Gasteiger partial charge in [-0.3, -0.25) is 4.79 Å². The van der Waals surface area contributed by atoms with Crippen molar-refractivity contribution in [2.24, 2.45) is 0 Å². The second-order valence-electron chi connectivity index (χ2n) is 5.05. The molecule has 0 saturated heterocycles. The molecule has 0 aromatic carbocycles. The van der Waals surface area contributed by atoms with Crippen LogP contribution >= 0.6 is 0 Å². The van der Waals surface area contributed by atoms with Gasteiger partial charge in [-0.1, -0.05) is 0 Å². The number of aliphatic hydroxyl groups is 1. The molecule has 0 aliphatic rings. The van der Waals surface area contributed by atoms with Gasteiger partial charge in [0.15, 0.2) is 0 Å². The molecular formula is C13H17N3O2. The van der Waals surface area contributed by atoms with E-state index in [4.69, 9.17) is 0 Å². The van der Waals surface area contributed by atoms with Crippen LogP contribution in [0.1, 0.15) is 19.5 Å². The highest BCUT2D eigenvalue weighted by Crippen LogP contribution is 2.21. The van der Waals surface area contributed by atoms with E-state index in [2.05, 4.69) is 15.3 Å². The average molecular weight is 247 g/mol. The van der Waals surface area contributed by atoms with Gasteiger partial charge in [-0.25, -0.2) is 4.98 Å². The Balaban J connectivity index is 2.66. The summed E-state index contributed by atoms with van der Waals surface area (Å²) in [5.41, 5.74) is 0.108. The van der Waals surface area contributed by atoms with Crippen molar-refractivity contribution in [3.05, 3.63) is 34.4 Å². The number of anilines is 1. The molecule has 2 rings (SSSR count). The summed E-state index contributed by atoms with van der Waals surface area (Å²) < 4.78 is 0. The molecule has 0 fully saturated rings. The SMILES string of the molecule is Cc1cc2cc[nH]c(=O)c2c(NC(C)(C)CO)n1. The van der Waals surface area contributed by atoms with Crippen LogP contribution in [0.25, 0.3) is 10.8 Å². The Morgan fingerprint density at radius 1 is 1.50 bits per heavy atom. The lowest BCUT2D eigenvalue weighted by Crippen LogP contribution is -2.35. The van der Waals surface area contributed by atoms with E-state index in [-0.39, 0.29) is 12.2 Å². The van der Waals surface area contributed by atoms with Crippen molar-refractivity contribution in [3.8, 4) is 0 Å². The molecule has 0 amide bonds. The van der Waals surface area contributed by atoms with Gasteiger partial charge >= 0.3 is 0 Å². The lowest BCUT2D eigenvalue weighted by atomic mass is 10.1. The number of H-pyrrole nitrogens is 1. The number of nitrogens with zero attached hydrogens (tertiary/aromatic N) is 1. The lowest BCUT2D eigenvalue weighted by molar-refractivity contribution is 0.234. The molecule has 3 N–H and O–H groups in total. The summed E-state index contributed by atoms with van der Waals surface area (Å²) in [7, 11) is 0. The van der Waals surface area contributed by atoms with E-state index >= 15 is 0 Å². The summed E-state index contributed by atoms with van der Waals surface area (Å²) in [5, 5.41) is 13.8. The van der Waals surface area contributed by atoms with Crippen LogP contribution in [0.15, 0.2) is 23.1 Å². The minimum Gasteiger partial charge on any atom is -0.394 e. The summed E-state index contributed by atoms with van der Waals surface area (Å²) in [6.07, 6.45) is 1.62. The van der Waals surface area contributed by atoms with Crippen molar-refractivity contribution in [3.63, 3.8) is 0 Å². The molecule has 0 bridgehead atoms. The zero-order chi connectivity index (χ0) is 13.3. The molecule has 0 spiro atoms. The Labute approximate surface area is 105 Å². The fraction of sp³-hybridized carbons (Fsp3) is 0.385. The smallest absolute Gasteiger partial charge is 0.259 e. The Morgan fingerprint density at radius 2 is 2.22 bits per heavy atom. The van der Waals surface area contributed by atoms with E-state index in [1.807, 2.05) is 32.9 Å². The molecule has 0 unspecified atom stereocenters. The predicted molar refractivity (Wildman–Crippen MR) is 71.9 cm³/mol. The fourth-order valence-corrected chi connectivity index (χ4v) is 1.80. The van der Waals surface area contributed by atoms with Crippen LogP contribution in [-0.4, -0.2) is 27.2 Å². The first-order valence-electron chi connectivity index (χ1n) is 5.81.